The molecule has 2 aromatic rings. The van der Waals surface area contributed by atoms with Crippen LogP contribution in [0.3, 0.4) is 0 Å². The van der Waals surface area contributed by atoms with Crippen LogP contribution in [0.1, 0.15) is 16.1 Å². The van der Waals surface area contributed by atoms with E-state index in [9.17, 15) is 20.0 Å². The van der Waals surface area contributed by atoms with Crippen molar-refractivity contribution in [2.45, 2.75) is 6.54 Å². The van der Waals surface area contributed by atoms with Gasteiger partial charge in [-0.2, -0.15) is 0 Å². The van der Waals surface area contributed by atoms with Crippen LogP contribution >= 0.6 is 0 Å². The Balaban J connectivity index is 2.09. The molecular weight excluding hydrogens is 262 g/mol. The molecule has 20 heavy (non-hydrogen) atoms. The molecule has 2 rings (SSSR count). The second kappa shape index (κ2) is 5.79. The maximum absolute atomic E-state index is 11.7. The van der Waals surface area contributed by atoms with Crippen LogP contribution in [0, 0.1) is 10.1 Å². The van der Waals surface area contributed by atoms with Crippen molar-refractivity contribution >= 4 is 11.6 Å². The van der Waals surface area contributed by atoms with Crippen molar-refractivity contribution in [1.82, 2.24) is 10.3 Å². The minimum absolute atomic E-state index is 0.0874. The molecule has 1 aromatic carbocycles. The normalized spacial score (nSPS) is 10.0. The van der Waals surface area contributed by atoms with Gasteiger partial charge in [-0.05, 0) is 17.7 Å². The number of hydrogen-bond donors (Lipinski definition) is 1. The number of nitro groups is 1. The second-order valence-electron chi connectivity index (χ2n) is 3.95. The summed E-state index contributed by atoms with van der Waals surface area (Å²) in [5, 5.41) is 24.7. The lowest BCUT2D eigenvalue weighted by Gasteiger charge is -2.13. The Morgan fingerprint density at radius 2 is 2.10 bits per heavy atom. The summed E-state index contributed by atoms with van der Waals surface area (Å²) in [5.41, 5.74) is 0.181. The van der Waals surface area contributed by atoms with Gasteiger partial charge < -0.3 is 10.4 Å². The lowest BCUT2D eigenvalue weighted by Crippen LogP contribution is -2.24. The largest absolute Gasteiger partial charge is 0.872 e. The van der Waals surface area contributed by atoms with Crippen molar-refractivity contribution in [1.29, 1.82) is 0 Å². The van der Waals surface area contributed by atoms with Gasteiger partial charge >= 0.3 is 0 Å². The molecule has 1 N–H and O–H groups in total. The Kier molecular flexibility index (Phi) is 3.90. The number of non-ortho nitro benzene ring substituents is 1. The van der Waals surface area contributed by atoms with Crippen LogP contribution in [0.2, 0.25) is 0 Å². The SMILES string of the molecule is O=C(NCc1cc([N+](=O)[O-])ccc1[O-])c1ccccn1. The Morgan fingerprint density at radius 3 is 2.75 bits per heavy atom. The van der Waals surface area contributed by atoms with Gasteiger partial charge in [-0.25, -0.2) is 0 Å². The minimum Gasteiger partial charge on any atom is -0.872 e. The smallest absolute Gasteiger partial charge is 0.270 e. The topological polar surface area (TPSA) is 108 Å². The first-order valence-corrected chi connectivity index (χ1v) is 5.71. The quantitative estimate of drug-likeness (QED) is 0.659. The Bertz CT molecular complexity index is 643. The third kappa shape index (κ3) is 3.08. The monoisotopic (exact) mass is 272 g/mol. The molecule has 0 atom stereocenters. The van der Waals surface area contributed by atoms with Gasteiger partial charge in [0.15, 0.2) is 0 Å². The van der Waals surface area contributed by atoms with Crippen molar-refractivity contribution in [3.8, 4) is 5.75 Å². The molecule has 7 heteroatoms. The van der Waals surface area contributed by atoms with E-state index in [1.54, 1.807) is 12.1 Å². The van der Waals surface area contributed by atoms with Crippen LogP contribution < -0.4 is 10.4 Å². The molecule has 1 amide bonds. The van der Waals surface area contributed by atoms with E-state index in [0.717, 1.165) is 18.2 Å². The highest BCUT2D eigenvalue weighted by molar-refractivity contribution is 5.92. The Morgan fingerprint density at radius 1 is 1.30 bits per heavy atom. The van der Waals surface area contributed by atoms with Gasteiger partial charge in [0.25, 0.3) is 11.6 Å². The highest BCUT2D eigenvalue weighted by Crippen LogP contribution is 2.20. The summed E-state index contributed by atoms with van der Waals surface area (Å²) in [6.45, 7) is -0.0874. The molecule has 7 nitrogen and oxygen atoms in total. The molecule has 0 aliphatic carbocycles. The van der Waals surface area contributed by atoms with E-state index in [1.165, 1.54) is 12.3 Å². The lowest BCUT2D eigenvalue weighted by molar-refractivity contribution is -0.385. The molecule has 1 heterocycles. The van der Waals surface area contributed by atoms with Gasteiger partial charge in [0.05, 0.1) is 4.92 Å². The molecule has 0 saturated heterocycles. The predicted molar refractivity (Wildman–Crippen MR) is 67.9 cm³/mol. The highest BCUT2D eigenvalue weighted by Gasteiger charge is 2.09. The number of pyridine rings is 1. The zero-order valence-corrected chi connectivity index (χ0v) is 10.3. The molecule has 0 bridgehead atoms. The summed E-state index contributed by atoms with van der Waals surface area (Å²) in [6.07, 6.45) is 1.47. The number of amides is 1. The van der Waals surface area contributed by atoms with Crippen molar-refractivity contribution in [3.05, 3.63) is 64.0 Å². The molecular formula is C13H10N3O4-. The molecule has 0 fully saturated rings. The van der Waals surface area contributed by atoms with Crippen LogP contribution in [0.25, 0.3) is 0 Å². The summed E-state index contributed by atoms with van der Waals surface area (Å²) < 4.78 is 0. The molecule has 0 unspecified atom stereocenters. The van der Waals surface area contributed by atoms with E-state index in [4.69, 9.17) is 0 Å². The van der Waals surface area contributed by atoms with Gasteiger partial charge in [0.2, 0.25) is 0 Å². The van der Waals surface area contributed by atoms with Crippen LogP contribution in [0.5, 0.6) is 5.75 Å². The van der Waals surface area contributed by atoms with E-state index in [1.807, 2.05) is 0 Å². The van der Waals surface area contributed by atoms with Gasteiger partial charge in [0, 0.05) is 24.9 Å². The van der Waals surface area contributed by atoms with Crippen molar-refractivity contribution in [2.24, 2.45) is 0 Å². The first-order valence-electron chi connectivity index (χ1n) is 5.71. The first kappa shape index (κ1) is 13.5. The molecule has 0 spiro atoms. The van der Waals surface area contributed by atoms with Gasteiger partial charge in [0.1, 0.15) is 5.69 Å². The predicted octanol–water partition coefficient (Wildman–Crippen LogP) is 0.993. The summed E-state index contributed by atoms with van der Waals surface area (Å²) in [5.74, 6) is -0.812. The molecule has 0 radical (unpaired) electrons. The fourth-order valence-corrected chi connectivity index (χ4v) is 1.58. The number of rotatable bonds is 4. The summed E-state index contributed by atoms with van der Waals surface area (Å²) in [7, 11) is 0. The van der Waals surface area contributed by atoms with Crippen molar-refractivity contribution in [3.63, 3.8) is 0 Å². The Labute approximate surface area is 114 Å². The lowest BCUT2D eigenvalue weighted by atomic mass is 10.1. The number of carbonyl (C=O) groups is 1. The fourth-order valence-electron chi connectivity index (χ4n) is 1.58. The van der Waals surface area contributed by atoms with Crippen LogP contribution in [-0.4, -0.2) is 15.8 Å². The average Bonchev–Trinajstić information content (AvgIpc) is 2.46. The molecule has 102 valence electrons. The van der Waals surface area contributed by atoms with Crippen LogP contribution in [-0.2, 0) is 6.54 Å². The maximum Gasteiger partial charge on any atom is 0.270 e. The van der Waals surface area contributed by atoms with Crippen molar-refractivity contribution in [2.75, 3.05) is 0 Å². The van der Waals surface area contributed by atoms with E-state index >= 15 is 0 Å². The number of carbonyl (C=O) groups excluding carboxylic acids is 1. The van der Waals surface area contributed by atoms with E-state index in [2.05, 4.69) is 10.3 Å². The molecule has 1 aromatic heterocycles. The zero-order valence-electron chi connectivity index (χ0n) is 10.3. The third-order valence-electron chi connectivity index (χ3n) is 2.59. The van der Waals surface area contributed by atoms with E-state index in [0.29, 0.717) is 0 Å². The van der Waals surface area contributed by atoms with Gasteiger partial charge in [-0.1, -0.05) is 12.1 Å². The molecule has 0 aliphatic rings. The Hall–Kier alpha value is -2.96. The summed E-state index contributed by atoms with van der Waals surface area (Å²) in [4.78, 5) is 25.6. The van der Waals surface area contributed by atoms with Crippen LogP contribution in [0.4, 0.5) is 5.69 Å². The van der Waals surface area contributed by atoms with Crippen molar-refractivity contribution < 1.29 is 14.8 Å². The maximum atomic E-state index is 11.7. The van der Waals surface area contributed by atoms with Gasteiger partial charge in [-0.15, -0.1) is 5.75 Å². The average molecular weight is 272 g/mol. The number of hydrogen-bond acceptors (Lipinski definition) is 5. The number of nitro benzene ring substituents is 1. The fraction of sp³-hybridized carbons (Fsp3) is 0.0769. The number of benzene rings is 1. The number of nitrogens with one attached hydrogen (secondary N) is 1. The molecule has 0 aliphatic heterocycles. The minimum atomic E-state index is -0.594. The second-order valence-corrected chi connectivity index (χ2v) is 3.95. The summed E-state index contributed by atoms with van der Waals surface area (Å²) in [6, 6.07) is 8.26. The number of aromatic nitrogens is 1. The number of nitrogens with zero attached hydrogens (tertiary/aromatic N) is 2. The highest BCUT2D eigenvalue weighted by atomic mass is 16.6. The summed E-state index contributed by atoms with van der Waals surface area (Å²) >= 11 is 0. The zero-order chi connectivity index (χ0) is 14.5. The standard InChI is InChI=1S/C13H11N3O4/c17-12-5-4-10(16(19)20)7-9(12)8-15-13(18)11-3-1-2-6-14-11/h1-7,17H,8H2,(H,15,18)/p-1. The molecule has 0 saturated carbocycles. The van der Waals surface area contributed by atoms with Crippen LogP contribution in [0.15, 0.2) is 42.6 Å². The first-order chi connectivity index (χ1) is 9.58. The third-order valence-corrected chi connectivity index (χ3v) is 2.59. The van der Waals surface area contributed by atoms with Gasteiger partial charge in [-0.3, -0.25) is 19.9 Å². The van der Waals surface area contributed by atoms with E-state index in [-0.39, 0.29) is 29.2 Å². The van der Waals surface area contributed by atoms with E-state index < -0.39 is 10.8 Å².